The summed E-state index contributed by atoms with van der Waals surface area (Å²) in [6.07, 6.45) is 4.62. The molecule has 0 amide bonds. The van der Waals surface area contributed by atoms with Crippen molar-refractivity contribution >= 4 is 16.9 Å². The van der Waals surface area contributed by atoms with Crippen LogP contribution in [0.2, 0.25) is 0 Å². The van der Waals surface area contributed by atoms with Crippen molar-refractivity contribution in [3.8, 4) is 28.6 Å². The van der Waals surface area contributed by atoms with Crippen LogP contribution in [0.5, 0.6) is 17.2 Å². The number of rotatable bonds is 2. The molecular formula is C21H16O7. The number of carboxylic acids is 1. The highest BCUT2D eigenvalue weighted by Gasteiger charge is 2.50. The number of allylic oxidation sites excluding steroid dienone is 2. The van der Waals surface area contributed by atoms with Gasteiger partial charge >= 0.3 is 5.97 Å². The molecule has 4 N–H and O–H groups in total. The molecule has 0 spiro atoms. The molecule has 2 bridgehead atoms. The molecule has 1 heterocycles. The number of benzene rings is 2. The second kappa shape index (κ2) is 5.51. The zero-order valence-corrected chi connectivity index (χ0v) is 14.5. The number of carboxylic acid groups (broad SMARTS) is 1. The summed E-state index contributed by atoms with van der Waals surface area (Å²) in [7, 11) is 0. The van der Waals surface area contributed by atoms with E-state index >= 15 is 0 Å². The first-order valence-electron chi connectivity index (χ1n) is 8.93. The third kappa shape index (κ3) is 2.04. The molecule has 1 aromatic rings. The fourth-order valence-electron chi connectivity index (χ4n) is 4.90. The Bertz CT molecular complexity index is 1210. The molecule has 142 valence electrons. The quantitative estimate of drug-likeness (QED) is 0.306. The molecule has 7 nitrogen and oxygen atoms in total. The Labute approximate surface area is 158 Å². The Hall–Kier alpha value is -3.48. The van der Waals surface area contributed by atoms with Gasteiger partial charge in [-0.3, -0.25) is 9.59 Å². The van der Waals surface area contributed by atoms with E-state index in [4.69, 9.17) is 4.42 Å². The van der Waals surface area contributed by atoms with Gasteiger partial charge in [0.2, 0.25) is 16.9 Å². The zero-order valence-electron chi connectivity index (χ0n) is 14.5. The van der Waals surface area contributed by atoms with Crippen LogP contribution in [0.1, 0.15) is 17.9 Å². The minimum atomic E-state index is -0.920. The molecule has 5 rings (SSSR count). The topological polar surface area (TPSA) is 128 Å². The lowest BCUT2D eigenvalue weighted by molar-refractivity contribution is -0.143. The van der Waals surface area contributed by atoms with Crippen LogP contribution in [0.15, 0.2) is 45.6 Å². The first-order valence-corrected chi connectivity index (χ1v) is 8.93. The fourth-order valence-corrected chi connectivity index (χ4v) is 4.90. The Morgan fingerprint density at radius 1 is 1.00 bits per heavy atom. The average Bonchev–Trinajstić information content (AvgIpc) is 3.28. The van der Waals surface area contributed by atoms with E-state index < -0.39 is 40.5 Å². The molecule has 4 atom stereocenters. The predicted octanol–water partition coefficient (Wildman–Crippen LogP) is 3.00. The van der Waals surface area contributed by atoms with Gasteiger partial charge in [-0.25, -0.2) is 0 Å². The van der Waals surface area contributed by atoms with E-state index in [-0.39, 0.29) is 23.2 Å². The van der Waals surface area contributed by atoms with Crippen LogP contribution in [0, 0.1) is 17.8 Å². The molecule has 1 saturated carbocycles. The molecule has 0 saturated heterocycles. The minimum Gasteiger partial charge on any atom is -0.504 e. The normalized spacial score (nSPS) is 25.7. The van der Waals surface area contributed by atoms with Crippen LogP contribution in [0.4, 0.5) is 0 Å². The van der Waals surface area contributed by atoms with Crippen LogP contribution in [0.25, 0.3) is 22.3 Å². The highest BCUT2D eigenvalue weighted by molar-refractivity contribution is 5.95. The van der Waals surface area contributed by atoms with Gasteiger partial charge in [0.05, 0.1) is 5.92 Å². The Kier molecular flexibility index (Phi) is 3.28. The van der Waals surface area contributed by atoms with Gasteiger partial charge in [-0.05, 0) is 48.1 Å². The molecule has 7 heteroatoms. The highest BCUT2D eigenvalue weighted by atomic mass is 16.4. The Morgan fingerprint density at radius 3 is 2.50 bits per heavy atom. The molecule has 1 aliphatic heterocycles. The molecule has 0 radical (unpaired) electrons. The van der Waals surface area contributed by atoms with E-state index in [0.717, 1.165) is 0 Å². The van der Waals surface area contributed by atoms with Gasteiger partial charge in [0.15, 0.2) is 17.1 Å². The number of hydrogen-bond acceptors (Lipinski definition) is 6. The molecule has 3 aliphatic carbocycles. The zero-order chi connectivity index (χ0) is 19.7. The third-order valence-corrected chi connectivity index (χ3v) is 6.07. The minimum absolute atomic E-state index is 0.0232. The van der Waals surface area contributed by atoms with Crippen LogP contribution in [-0.2, 0) is 4.79 Å². The van der Waals surface area contributed by atoms with Crippen molar-refractivity contribution in [3.05, 3.63) is 52.2 Å². The molecule has 1 fully saturated rings. The monoisotopic (exact) mass is 380 g/mol. The maximum atomic E-state index is 12.0. The number of carbonyl (C=O) groups is 1. The van der Waals surface area contributed by atoms with E-state index in [1.165, 1.54) is 18.2 Å². The summed E-state index contributed by atoms with van der Waals surface area (Å²) in [4.78, 5) is 24.0. The molecule has 1 aromatic carbocycles. The largest absolute Gasteiger partial charge is 0.504 e. The molecule has 4 aliphatic rings. The van der Waals surface area contributed by atoms with Gasteiger partial charge in [0.25, 0.3) is 0 Å². The number of aliphatic carboxylic acids is 1. The summed E-state index contributed by atoms with van der Waals surface area (Å²) in [5.74, 6) is -3.83. The van der Waals surface area contributed by atoms with Crippen molar-refractivity contribution in [3.63, 3.8) is 0 Å². The van der Waals surface area contributed by atoms with Crippen molar-refractivity contribution in [1.29, 1.82) is 0 Å². The second-order valence-corrected chi connectivity index (χ2v) is 7.45. The van der Waals surface area contributed by atoms with Crippen LogP contribution < -0.4 is 5.43 Å². The number of phenols is 3. The van der Waals surface area contributed by atoms with Crippen molar-refractivity contribution in [2.75, 3.05) is 0 Å². The molecule has 0 aromatic heterocycles. The van der Waals surface area contributed by atoms with E-state index in [1.54, 1.807) is 6.07 Å². The lowest BCUT2D eigenvalue weighted by Gasteiger charge is -2.29. The lowest BCUT2D eigenvalue weighted by atomic mass is 9.75. The van der Waals surface area contributed by atoms with Crippen LogP contribution >= 0.6 is 0 Å². The second-order valence-electron chi connectivity index (χ2n) is 7.45. The van der Waals surface area contributed by atoms with E-state index in [9.17, 15) is 30.0 Å². The lowest BCUT2D eigenvalue weighted by Crippen LogP contribution is -2.26. The summed E-state index contributed by atoms with van der Waals surface area (Å²) < 4.78 is 5.62. The van der Waals surface area contributed by atoms with Gasteiger partial charge in [-0.2, -0.15) is 0 Å². The van der Waals surface area contributed by atoms with Crippen LogP contribution in [-0.4, -0.2) is 26.4 Å². The first kappa shape index (κ1) is 16.7. The van der Waals surface area contributed by atoms with Gasteiger partial charge in [-0.1, -0.05) is 12.2 Å². The van der Waals surface area contributed by atoms with Crippen molar-refractivity contribution in [2.45, 2.75) is 12.3 Å². The van der Waals surface area contributed by atoms with Gasteiger partial charge in [0.1, 0.15) is 0 Å². The van der Waals surface area contributed by atoms with Gasteiger partial charge in [-0.15, -0.1) is 0 Å². The van der Waals surface area contributed by atoms with Crippen molar-refractivity contribution in [1.82, 2.24) is 0 Å². The fraction of sp³-hybridized carbons (Fsp3) is 0.238. The average molecular weight is 380 g/mol. The van der Waals surface area contributed by atoms with Crippen LogP contribution in [0.3, 0.4) is 0 Å². The molecule has 0 unspecified atom stereocenters. The van der Waals surface area contributed by atoms with E-state index in [0.29, 0.717) is 22.9 Å². The number of aromatic hydroxyl groups is 3. The van der Waals surface area contributed by atoms with Crippen molar-refractivity contribution < 1.29 is 29.6 Å². The summed E-state index contributed by atoms with van der Waals surface area (Å²) in [6.45, 7) is 0. The van der Waals surface area contributed by atoms with E-state index in [2.05, 4.69) is 0 Å². The predicted molar refractivity (Wildman–Crippen MR) is 98.7 cm³/mol. The summed E-state index contributed by atoms with van der Waals surface area (Å²) in [5, 5.41) is 40.8. The van der Waals surface area contributed by atoms with Gasteiger partial charge in [0, 0.05) is 16.9 Å². The van der Waals surface area contributed by atoms with E-state index in [1.807, 2.05) is 12.2 Å². The highest BCUT2D eigenvalue weighted by Crippen LogP contribution is 2.57. The third-order valence-electron chi connectivity index (χ3n) is 6.07. The number of hydrogen-bond donors (Lipinski definition) is 4. The number of fused-ring (bicyclic) bond motifs is 4. The summed E-state index contributed by atoms with van der Waals surface area (Å²) in [6, 6.07) is 5.58. The maximum absolute atomic E-state index is 12.0. The maximum Gasteiger partial charge on any atom is 0.307 e. The number of phenolic OH excluding ortho intramolecular Hbond substituents is 3. The summed E-state index contributed by atoms with van der Waals surface area (Å²) in [5.41, 5.74) is 0.265. The standard InChI is InChI=1S/C21H16O7/c22-12-5-3-10-16(14-8-1-2-9(7-8)15(14)21(26)27)11-4-6-13(23)18(25)20(11)28-19(10)17(12)24/h1-6,8-9,14-15,22,24-25H,7H2,(H,26,27)/t8-,9-,14-,15-/m0/s1. The Balaban J connectivity index is 1.93. The van der Waals surface area contributed by atoms with Crippen molar-refractivity contribution in [2.24, 2.45) is 17.8 Å². The Morgan fingerprint density at radius 2 is 1.75 bits per heavy atom. The SMILES string of the molecule is O=C(O)[C@@H]1[C@@H](c2c3ccc(=O)c(O)c-3oc3c(O)c(O)ccc23)[C@H]2C=C[C@H]1C2. The van der Waals surface area contributed by atoms with Gasteiger partial charge < -0.3 is 24.8 Å². The smallest absolute Gasteiger partial charge is 0.307 e. The molecule has 28 heavy (non-hydrogen) atoms. The summed E-state index contributed by atoms with van der Waals surface area (Å²) >= 11 is 0. The first-order chi connectivity index (χ1) is 13.4. The molecular weight excluding hydrogens is 364 g/mol.